The van der Waals surface area contributed by atoms with E-state index in [2.05, 4.69) is 31.0 Å². The molecule has 1 N–H and O–H groups in total. The monoisotopic (exact) mass is 226 g/mol. The van der Waals surface area contributed by atoms with Crippen molar-refractivity contribution in [3.63, 3.8) is 0 Å². The van der Waals surface area contributed by atoms with Crippen molar-refractivity contribution in [2.75, 3.05) is 0 Å². The molecule has 2 atom stereocenters. The number of nitrogens with one attached hydrogen (secondary N) is 1. The lowest BCUT2D eigenvalue weighted by Gasteiger charge is -2.06. The Morgan fingerprint density at radius 2 is 1.76 bits per heavy atom. The molecule has 0 spiro atoms. The Balaban J connectivity index is 1.76. The van der Waals surface area contributed by atoms with E-state index in [0.717, 1.165) is 17.4 Å². The highest BCUT2D eigenvalue weighted by molar-refractivity contribution is 5.77. The summed E-state index contributed by atoms with van der Waals surface area (Å²) in [4.78, 5) is 8.33. The number of aromatic amines is 1. The lowest BCUT2D eigenvalue weighted by Crippen LogP contribution is -1.97. The maximum absolute atomic E-state index is 4.80. The molecule has 2 nitrogen and oxygen atoms in total. The highest BCUT2D eigenvalue weighted by Crippen LogP contribution is 2.57. The molecule has 2 aliphatic rings. The van der Waals surface area contributed by atoms with Crippen LogP contribution in [0.15, 0.2) is 12.1 Å². The van der Waals surface area contributed by atoms with Gasteiger partial charge >= 0.3 is 0 Å². The second-order valence-electron chi connectivity index (χ2n) is 6.00. The number of benzene rings is 1. The average Bonchev–Trinajstić information content (AvgIpc) is 2.74. The molecule has 1 heterocycles. The molecule has 2 saturated carbocycles. The Morgan fingerprint density at radius 3 is 2.53 bits per heavy atom. The highest BCUT2D eigenvalue weighted by Gasteiger charge is 2.46. The summed E-state index contributed by atoms with van der Waals surface area (Å²) in [6.45, 7) is 4.33. The van der Waals surface area contributed by atoms with E-state index in [9.17, 15) is 0 Å². The van der Waals surface area contributed by atoms with Gasteiger partial charge in [0, 0.05) is 5.92 Å². The molecule has 2 fully saturated rings. The summed E-state index contributed by atoms with van der Waals surface area (Å²) in [5.41, 5.74) is 5.04. The van der Waals surface area contributed by atoms with Crippen LogP contribution in [0.25, 0.3) is 11.0 Å². The molecule has 2 aromatic rings. The zero-order valence-corrected chi connectivity index (χ0v) is 10.5. The molecule has 88 valence electrons. The number of rotatable bonds is 1. The molecular formula is C15H18N2. The second-order valence-corrected chi connectivity index (χ2v) is 6.00. The van der Waals surface area contributed by atoms with Crippen LogP contribution in [0.1, 0.15) is 42.1 Å². The molecule has 0 aliphatic heterocycles. The van der Waals surface area contributed by atoms with Crippen molar-refractivity contribution >= 4 is 11.0 Å². The van der Waals surface area contributed by atoms with Gasteiger partial charge in [0.15, 0.2) is 0 Å². The molecule has 0 bridgehead atoms. The number of fused-ring (bicyclic) bond motifs is 2. The predicted molar refractivity (Wildman–Crippen MR) is 69.1 cm³/mol. The molecule has 0 amide bonds. The molecule has 2 unspecified atom stereocenters. The molecule has 1 aromatic carbocycles. The fourth-order valence-electron chi connectivity index (χ4n) is 3.42. The lowest BCUT2D eigenvalue weighted by atomic mass is 10.0. The van der Waals surface area contributed by atoms with Crippen LogP contribution in [0.5, 0.6) is 0 Å². The summed E-state index contributed by atoms with van der Waals surface area (Å²) in [6, 6.07) is 4.44. The minimum absolute atomic E-state index is 0.701. The van der Waals surface area contributed by atoms with Crippen molar-refractivity contribution < 1.29 is 0 Å². The highest BCUT2D eigenvalue weighted by atomic mass is 14.9. The van der Waals surface area contributed by atoms with Crippen LogP contribution in [0.4, 0.5) is 0 Å². The largest absolute Gasteiger partial charge is 0.342 e. The number of nitrogens with zero attached hydrogens (tertiary/aromatic N) is 1. The quantitative estimate of drug-likeness (QED) is 0.789. The second kappa shape index (κ2) is 3.12. The van der Waals surface area contributed by atoms with Crippen molar-refractivity contribution in [3.8, 4) is 0 Å². The van der Waals surface area contributed by atoms with Gasteiger partial charge < -0.3 is 4.98 Å². The standard InChI is InChI=1S/C15H18N2/c1-8-3-13-14(4-9(8)2)17-15(16-13)12-6-10-5-11(10)7-12/h3-4,10-12H,5-7H2,1-2H3,(H,16,17). The van der Waals surface area contributed by atoms with Crippen LogP contribution in [0.3, 0.4) is 0 Å². The molecular weight excluding hydrogens is 208 g/mol. The average molecular weight is 226 g/mol. The number of hydrogen-bond donors (Lipinski definition) is 1. The third-order valence-electron chi connectivity index (χ3n) is 4.75. The van der Waals surface area contributed by atoms with Crippen LogP contribution < -0.4 is 0 Å². The van der Waals surface area contributed by atoms with Crippen molar-refractivity contribution in [2.45, 2.75) is 39.0 Å². The molecule has 4 rings (SSSR count). The van der Waals surface area contributed by atoms with Gasteiger partial charge in [-0.15, -0.1) is 0 Å². The topological polar surface area (TPSA) is 28.7 Å². The summed E-state index contributed by atoms with van der Waals surface area (Å²) in [6.07, 6.45) is 4.21. The Morgan fingerprint density at radius 1 is 1.06 bits per heavy atom. The van der Waals surface area contributed by atoms with Crippen LogP contribution in [0.2, 0.25) is 0 Å². The predicted octanol–water partition coefficient (Wildman–Crippen LogP) is 3.69. The maximum atomic E-state index is 4.80. The first-order chi connectivity index (χ1) is 8.20. The zero-order valence-electron chi connectivity index (χ0n) is 10.5. The van der Waals surface area contributed by atoms with Gasteiger partial charge in [0.25, 0.3) is 0 Å². The van der Waals surface area contributed by atoms with E-state index >= 15 is 0 Å². The first kappa shape index (κ1) is 9.69. The summed E-state index contributed by atoms with van der Waals surface area (Å²) in [7, 11) is 0. The molecule has 2 aliphatic carbocycles. The Bertz CT molecular complexity index is 547. The van der Waals surface area contributed by atoms with Crippen molar-refractivity contribution in [3.05, 3.63) is 29.1 Å². The van der Waals surface area contributed by atoms with Crippen molar-refractivity contribution in [1.82, 2.24) is 9.97 Å². The fourth-order valence-corrected chi connectivity index (χ4v) is 3.42. The maximum Gasteiger partial charge on any atom is 0.110 e. The van der Waals surface area contributed by atoms with E-state index < -0.39 is 0 Å². The fraction of sp³-hybridized carbons (Fsp3) is 0.533. The Hall–Kier alpha value is -1.31. The van der Waals surface area contributed by atoms with Crippen LogP contribution in [-0.4, -0.2) is 9.97 Å². The minimum atomic E-state index is 0.701. The molecule has 1 aromatic heterocycles. The summed E-state index contributed by atoms with van der Waals surface area (Å²) in [5, 5.41) is 0. The van der Waals surface area contributed by atoms with Gasteiger partial charge in [-0.05, 0) is 68.2 Å². The first-order valence-electron chi connectivity index (χ1n) is 6.67. The van der Waals surface area contributed by atoms with Crippen LogP contribution >= 0.6 is 0 Å². The van der Waals surface area contributed by atoms with Gasteiger partial charge in [0.1, 0.15) is 5.82 Å². The lowest BCUT2D eigenvalue weighted by molar-refractivity contribution is 0.597. The van der Waals surface area contributed by atoms with Crippen LogP contribution in [-0.2, 0) is 0 Å². The third-order valence-corrected chi connectivity index (χ3v) is 4.75. The number of aryl methyl sites for hydroxylation is 2. The summed E-state index contributed by atoms with van der Waals surface area (Å²) < 4.78 is 0. The summed E-state index contributed by atoms with van der Waals surface area (Å²) >= 11 is 0. The Kier molecular flexibility index (Phi) is 1.78. The van der Waals surface area contributed by atoms with Gasteiger partial charge in [-0.1, -0.05) is 0 Å². The van der Waals surface area contributed by atoms with Crippen molar-refractivity contribution in [2.24, 2.45) is 11.8 Å². The van der Waals surface area contributed by atoms with E-state index in [1.807, 2.05) is 0 Å². The zero-order chi connectivity index (χ0) is 11.6. The van der Waals surface area contributed by atoms with E-state index in [0.29, 0.717) is 5.92 Å². The molecule has 0 saturated heterocycles. The number of H-pyrrole nitrogens is 1. The minimum Gasteiger partial charge on any atom is -0.342 e. The molecule has 17 heavy (non-hydrogen) atoms. The third kappa shape index (κ3) is 1.43. The number of imidazole rings is 1. The van der Waals surface area contributed by atoms with Gasteiger partial charge in [0.05, 0.1) is 11.0 Å². The Labute approximate surface area is 101 Å². The van der Waals surface area contributed by atoms with E-state index in [-0.39, 0.29) is 0 Å². The summed E-state index contributed by atoms with van der Waals surface area (Å²) in [5.74, 6) is 3.98. The smallest absolute Gasteiger partial charge is 0.110 e. The SMILES string of the molecule is Cc1cc2nc(C3CC4CC4C3)[nH]c2cc1C. The van der Waals surface area contributed by atoms with E-state index in [1.165, 1.54) is 41.7 Å². The van der Waals surface area contributed by atoms with E-state index in [4.69, 9.17) is 4.98 Å². The van der Waals surface area contributed by atoms with Crippen molar-refractivity contribution in [1.29, 1.82) is 0 Å². The van der Waals surface area contributed by atoms with Gasteiger partial charge in [-0.25, -0.2) is 4.98 Å². The van der Waals surface area contributed by atoms with Crippen LogP contribution in [0, 0.1) is 25.7 Å². The van der Waals surface area contributed by atoms with Gasteiger partial charge in [0.2, 0.25) is 0 Å². The van der Waals surface area contributed by atoms with Gasteiger partial charge in [-0.2, -0.15) is 0 Å². The number of hydrogen-bond acceptors (Lipinski definition) is 1. The molecule has 2 heteroatoms. The first-order valence-corrected chi connectivity index (χ1v) is 6.67. The number of aromatic nitrogens is 2. The van der Waals surface area contributed by atoms with E-state index in [1.54, 1.807) is 0 Å². The normalized spacial score (nSPS) is 30.8. The van der Waals surface area contributed by atoms with Gasteiger partial charge in [-0.3, -0.25) is 0 Å². The molecule has 0 radical (unpaired) electrons.